The third-order valence-corrected chi connectivity index (χ3v) is 3.22. The molecule has 0 radical (unpaired) electrons. The number of benzene rings is 1. The Hall–Kier alpha value is -2.12. The Morgan fingerprint density at radius 1 is 1.39 bits per heavy atom. The second kappa shape index (κ2) is 5.03. The zero-order valence-corrected chi connectivity index (χ0v) is 10.6. The van der Waals surface area contributed by atoms with E-state index in [4.69, 9.17) is 0 Å². The molecule has 18 heavy (non-hydrogen) atoms. The predicted molar refractivity (Wildman–Crippen MR) is 69.8 cm³/mol. The highest BCUT2D eigenvalue weighted by molar-refractivity contribution is 5.31. The van der Waals surface area contributed by atoms with Gasteiger partial charge in [-0.2, -0.15) is 5.26 Å². The van der Waals surface area contributed by atoms with Crippen molar-refractivity contribution in [3.8, 4) is 6.07 Å². The Morgan fingerprint density at radius 3 is 2.61 bits per heavy atom. The Labute approximate surface area is 107 Å². The lowest BCUT2D eigenvalue weighted by Crippen LogP contribution is -2.42. The van der Waals surface area contributed by atoms with E-state index in [9.17, 15) is 5.26 Å². The molecule has 4 heteroatoms. The standard InChI is InChI=1S/C14H16N4/c1-12-17-8-9-18(12)11-14(10-15,16-2)13-6-4-3-5-7-13/h3-9,16H,11H2,1-2H3. The molecule has 1 heterocycles. The van der Waals surface area contributed by atoms with Crippen LogP contribution in [-0.2, 0) is 12.1 Å². The summed E-state index contributed by atoms with van der Waals surface area (Å²) in [6.45, 7) is 2.47. The Kier molecular flexibility index (Phi) is 3.45. The van der Waals surface area contributed by atoms with E-state index in [1.165, 1.54) is 0 Å². The van der Waals surface area contributed by atoms with Crippen LogP contribution in [0, 0.1) is 18.3 Å². The maximum Gasteiger partial charge on any atom is 0.150 e. The molecule has 92 valence electrons. The minimum absolute atomic E-state index is 0.538. The summed E-state index contributed by atoms with van der Waals surface area (Å²) in [5.74, 6) is 0.904. The normalized spacial score (nSPS) is 13.8. The molecule has 2 aromatic rings. The molecule has 0 saturated carbocycles. The van der Waals surface area contributed by atoms with Gasteiger partial charge in [0.05, 0.1) is 12.6 Å². The van der Waals surface area contributed by atoms with Crippen molar-refractivity contribution in [3.05, 3.63) is 54.1 Å². The number of nitrogens with zero attached hydrogens (tertiary/aromatic N) is 3. The van der Waals surface area contributed by atoms with Crippen LogP contribution in [0.15, 0.2) is 42.7 Å². The molecule has 2 rings (SSSR count). The first-order chi connectivity index (χ1) is 8.72. The topological polar surface area (TPSA) is 53.6 Å². The first-order valence-electron chi connectivity index (χ1n) is 5.85. The maximum atomic E-state index is 9.57. The van der Waals surface area contributed by atoms with Gasteiger partial charge >= 0.3 is 0 Å². The SMILES string of the molecule is CNC(C#N)(Cn1ccnc1C)c1ccccc1. The fourth-order valence-corrected chi connectivity index (χ4v) is 2.02. The molecule has 1 aromatic carbocycles. The van der Waals surface area contributed by atoms with E-state index in [1.807, 2.05) is 55.1 Å². The van der Waals surface area contributed by atoms with Crippen molar-refractivity contribution in [2.75, 3.05) is 7.05 Å². The lowest BCUT2D eigenvalue weighted by atomic mass is 9.91. The first kappa shape index (κ1) is 12.3. The van der Waals surface area contributed by atoms with E-state index in [1.54, 1.807) is 6.20 Å². The number of aromatic nitrogens is 2. The lowest BCUT2D eigenvalue weighted by molar-refractivity contribution is 0.393. The molecule has 0 fully saturated rings. The van der Waals surface area contributed by atoms with Crippen LogP contribution in [0.3, 0.4) is 0 Å². The molecule has 4 nitrogen and oxygen atoms in total. The largest absolute Gasteiger partial charge is 0.332 e. The molecule has 0 amide bonds. The zero-order valence-electron chi connectivity index (χ0n) is 10.6. The van der Waals surface area contributed by atoms with Crippen LogP contribution in [0.2, 0.25) is 0 Å². The van der Waals surface area contributed by atoms with Gasteiger partial charge < -0.3 is 4.57 Å². The smallest absolute Gasteiger partial charge is 0.150 e. The van der Waals surface area contributed by atoms with Crippen LogP contribution in [0.25, 0.3) is 0 Å². The molecular formula is C14H16N4. The summed E-state index contributed by atoms with van der Waals surface area (Å²) in [5.41, 5.74) is 0.232. The molecule has 1 atom stereocenters. The van der Waals surface area contributed by atoms with Crippen molar-refractivity contribution in [1.29, 1.82) is 5.26 Å². The van der Waals surface area contributed by atoms with Gasteiger partial charge in [-0.3, -0.25) is 5.32 Å². The molecule has 1 N–H and O–H groups in total. The summed E-state index contributed by atoms with van der Waals surface area (Å²) in [7, 11) is 1.81. The molecular weight excluding hydrogens is 224 g/mol. The number of aryl methyl sites for hydroxylation is 1. The van der Waals surface area contributed by atoms with Gasteiger partial charge in [0.1, 0.15) is 11.4 Å². The van der Waals surface area contributed by atoms with Crippen molar-refractivity contribution in [2.45, 2.75) is 19.0 Å². The molecule has 1 aromatic heterocycles. The van der Waals surface area contributed by atoms with Crippen LogP contribution in [0.5, 0.6) is 0 Å². The van der Waals surface area contributed by atoms with E-state index in [0.29, 0.717) is 6.54 Å². The quantitative estimate of drug-likeness (QED) is 0.887. The minimum Gasteiger partial charge on any atom is -0.332 e. The van der Waals surface area contributed by atoms with E-state index in [0.717, 1.165) is 11.4 Å². The lowest BCUT2D eigenvalue weighted by Gasteiger charge is -2.27. The highest BCUT2D eigenvalue weighted by Crippen LogP contribution is 2.22. The van der Waals surface area contributed by atoms with Gasteiger partial charge in [-0.1, -0.05) is 30.3 Å². The van der Waals surface area contributed by atoms with Crippen LogP contribution in [0.4, 0.5) is 0 Å². The van der Waals surface area contributed by atoms with Crippen molar-refractivity contribution in [3.63, 3.8) is 0 Å². The third-order valence-electron chi connectivity index (χ3n) is 3.22. The van der Waals surface area contributed by atoms with Crippen LogP contribution >= 0.6 is 0 Å². The molecule has 1 unspecified atom stereocenters. The molecule has 0 spiro atoms. The van der Waals surface area contributed by atoms with Crippen molar-refractivity contribution < 1.29 is 0 Å². The minimum atomic E-state index is -0.729. The van der Waals surface area contributed by atoms with E-state index >= 15 is 0 Å². The van der Waals surface area contributed by atoms with Crippen LogP contribution < -0.4 is 5.32 Å². The average Bonchev–Trinajstić information content (AvgIpc) is 2.82. The van der Waals surface area contributed by atoms with Gasteiger partial charge in [-0.15, -0.1) is 0 Å². The van der Waals surface area contributed by atoms with E-state index < -0.39 is 5.54 Å². The van der Waals surface area contributed by atoms with Crippen LogP contribution in [0.1, 0.15) is 11.4 Å². The summed E-state index contributed by atoms with van der Waals surface area (Å²) in [6.07, 6.45) is 3.64. The number of likely N-dealkylation sites (N-methyl/N-ethyl adjacent to an activating group) is 1. The van der Waals surface area contributed by atoms with Gasteiger partial charge in [0, 0.05) is 12.4 Å². The predicted octanol–water partition coefficient (Wildman–Crippen LogP) is 1.83. The molecule has 0 bridgehead atoms. The highest BCUT2D eigenvalue weighted by atomic mass is 15.1. The van der Waals surface area contributed by atoms with Crippen molar-refractivity contribution >= 4 is 0 Å². The number of nitrogens with one attached hydrogen (secondary N) is 1. The van der Waals surface area contributed by atoms with Crippen LogP contribution in [-0.4, -0.2) is 16.6 Å². The van der Waals surface area contributed by atoms with Gasteiger partial charge in [0.15, 0.2) is 0 Å². The monoisotopic (exact) mass is 240 g/mol. The Morgan fingerprint density at radius 2 is 2.11 bits per heavy atom. The number of rotatable bonds is 4. The molecule has 0 aliphatic rings. The summed E-state index contributed by atoms with van der Waals surface area (Å²) in [4.78, 5) is 4.19. The fourth-order valence-electron chi connectivity index (χ4n) is 2.02. The second-order valence-electron chi connectivity index (χ2n) is 4.24. The zero-order chi connectivity index (χ0) is 13.0. The summed E-state index contributed by atoms with van der Waals surface area (Å²) >= 11 is 0. The molecule has 0 aliphatic carbocycles. The first-order valence-corrected chi connectivity index (χ1v) is 5.85. The third kappa shape index (κ3) is 2.13. The van der Waals surface area contributed by atoms with E-state index in [2.05, 4.69) is 16.4 Å². The average molecular weight is 240 g/mol. The van der Waals surface area contributed by atoms with Crippen molar-refractivity contribution in [2.24, 2.45) is 0 Å². The molecule has 0 saturated heterocycles. The Bertz CT molecular complexity index is 553. The Balaban J connectivity index is 2.40. The summed E-state index contributed by atoms with van der Waals surface area (Å²) in [5, 5.41) is 12.7. The number of hydrogen-bond donors (Lipinski definition) is 1. The fraction of sp³-hybridized carbons (Fsp3) is 0.286. The number of imidazole rings is 1. The second-order valence-corrected chi connectivity index (χ2v) is 4.24. The van der Waals surface area contributed by atoms with Crippen molar-refractivity contribution in [1.82, 2.24) is 14.9 Å². The number of hydrogen-bond acceptors (Lipinski definition) is 3. The van der Waals surface area contributed by atoms with Gasteiger partial charge in [0.2, 0.25) is 0 Å². The van der Waals surface area contributed by atoms with E-state index in [-0.39, 0.29) is 0 Å². The highest BCUT2D eigenvalue weighted by Gasteiger charge is 2.31. The summed E-state index contributed by atoms with van der Waals surface area (Å²) in [6, 6.07) is 12.2. The van der Waals surface area contributed by atoms with Gasteiger partial charge in [0.25, 0.3) is 0 Å². The maximum absolute atomic E-state index is 9.57. The van der Waals surface area contributed by atoms with Gasteiger partial charge in [-0.25, -0.2) is 4.98 Å². The van der Waals surface area contributed by atoms with Gasteiger partial charge in [-0.05, 0) is 19.5 Å². The number of nitriles is 1. The molecule has 0 aliphatic heterocycles. The summed E-state index contributed by atoms with van der Waals surface area (Å²) < 4.78 is 1.98.